The highest BCUT2D eigenvalue weighted by Gasteiger charge is 2.35. The minimum atomic E-state index is -0.742. The van der Waals surface area contributed by atoms with E-state index in [4.69, 9.17) is 11.6 Å². The minimum Gasteiger partial charge on any atom is -0.453 e. The van der Waals surface area contributed by atoms with Crippen LogP contribution in [0.15, 0.2) is 24.3 Å². The Kier molecular flexibility index (Phi) is 3.33. The topological polar surface area (TPSA) is 46.6 Å². The molecule has 0 saturated carbocycles. The molecule has 5 heteroatoms. The van der Waals surface area contributed by atoms with Gasteiger partial charge in [-0.1, -0.05) is 24.3 Å². The molecule has 2 rings (SSSR count). The van der Waals surface area contributed by atoms with Gasteiger partial charge in [0.05, 0.1) is 7.11 Å². The smallest absolute Gasteiger partial charge is 0.410 e. The lowest BCUT2D eigenvalue weighted by atomic mass is 9.93. The van der Waals surface area contributed by atoms with Gasteiger partial charge in [-0.15, -0.1) is 0 Å². The Bertz CT molecular complexity index is 461. The van der Waals surface area contributed by atoms with E-state index in [2.05, 4.69) is 4.74 Å². The Balaban J connectivity index is 2.43. The number of carbonyl (C=O) groups excluding carboxylic acids is 2. The van der Waals surface area contributed by atoms with Gasteiger partial charge in [-0.25, -0.2) is 4.79 Å². The Morgan fingerprint density at radius 2 is 2.12 bits per heavy atom. The van der Waals surface area contributed by atoms with Crippen molar-refractivity contribution < 1.29 is 14.3 Å². The van der Waals surface area contributed by atoms with E-state index in [1.165, 1.54) is 12.0 Å². The van der Waals surface area contributed by atoms with Gasteiger partial charge >= 0.3 is 6.09 Å². The van der Waals surface area contributed by atoms with E-state index in [0.29, 0.717) is 13.0 Å². The maximum Gasteiger partial charge on any atom is 0.410 e. The van der Waals surface area contributed by atoms with Crippen LogP contribution >= 0.6 is 11.6 Å². The summed E-state index contributed by atoms with van der Waals surface area (Å²) in [7, 11) is 1.29. The number of carbonyl (C=O) groups is 2. The number of nitrogens with zero attached hydrogens (tertiary/aromatic N) is 1. The zero-order chi connectivity index (χ0) is 12.4. The number of fused-ring (bicyclic) bond motifs is 1. The van der Waals surface area contributed by atoms with E-state index in [0.717, 1.165) is 11.1 Å². The molecular formula is C12H12ClNO3. The third-order valence-corrected chi connectivity index (χ3v) is 3.11. The second-order valence-electron chi connectivity index (χ2n) is 3.82. The predicted molar refractivity (Wildman–Crippen MR) is 62.9 cm³/mol. The molecule has 0 bridgehead atoms. The third kappa shape index (κ3) is 2.13. The first kappa shape index (κ1) is 11.9. The Morgan fingerprint density at radius 3 is 2.76 bits per heavy atom. The fourth-order valence-electron chi connectivity index (χ4n) is 2.13. The molecule has 0 N–H and O–H groups in total. The van der Waals surface area contributed by atoms with E-state index in [1.807, 2.05) is 24.3 Å². The largest absolute Gasteiger partial charge is 0.453 e. The molecule has 0 radical (unpaired) electrons. The zero-order valence-corrected chi connectivity index (χ0v) is 10.1. The molecule has 1 aliphatic heterocycles. The summed E-state index contributed by atoms with van der Waals surface area (Å²) < 4.78 is 4.66. The summed E-state index contributed by atoms with van der Waals surface area (Å²) in [5.74, 6) is 0. The molecule has 1 aromatic carbocycles. The van der Waals surface area contributed by atoms with Crippen LogP contribution in [0.1, 0.15) is 17.2 Å². The molecule has 1 aromatic rings. The molecule has 0 saturated heterocycles. The van der Waals surface area contributed by atoms with Crippen molar-refractivity contribution in [2.75, 3.05) is 13.7 Å². The maximum absolute atomic E-state index is 11.6. The number of amides is 1. The first-order valence-electron chi connectivity index (χ1n) is 5.27. The summed E-state index contributed by atoms with van der Waals surface area (Å²) >= 11 is 5.59. The molecule has 0 aliphatic carbocycles. The lowest BCUT2D eigenvalue weighted by Gasteiger charge is -2.33. The Morgan fingerprint density at radius 1 is 1.41 bits per heavy atom. The average molecular weight is 254 g/mol. The SMILES string of the molecule is COC(=O)N1CCc2ccccc2[C@H]1C(=O)Cl. The van der Waals surface area contributed by atoms with Gasteiger partial charge in [0.2, 0.25) is 5.24 Å². The lowest BCUT2D eigenvalue weighted by Crippen LogP contribution is -2.42. The van der Waals surface area contributed by atoms with Crippen molar-refractivity contribution in [3.63, 3.8) is 0 Å². The van der Waals surface area contributed by atoms with Crippen molar-refractivity contribution in [2.45, 2.75) is 12.5 Å². The number of benzene rings is 1. The first-order valence-corrected chi connectivity index (χ1v) is 5.64. The fourth-order valence-corrected chi connectivity index (χ4v) is 2.36. The molecule has 0 aromatic heterocycles. The van der Waals surface area contributed by atoms with Gasteiger partial charge in [-0.05, 0) is 29.1 Å². The van der Waals surface area contributed by atoms with Crippen molar-refractivity contribution in [1.29, 1.82) is 0 Å². The molecule has 1 amide bonds. The summed E-state index contributed by atoms with van der Waals surface area (Å²) in [6.45, 7) is 0.437. The Hall–Kier alpha value is -1.55. The predicted octanol–water partition coefficient (Wildman–Crippen LogP) is 2.12. The van der Waals surface area contributed by atoms with Crippen molar-refractivity contribution in [3.8, 4) is 0 Å². The molecule has 17 heavy (non-hydrogen) atoms. The van der Waals surface area contributed by atoms with Crippen LogP contribution in [0.3, 0.4) is 0 Å². The number of hydrogen-bond acceptors (Lipinski definition) is 3. The number of hydrogen-bond donors (Lipinski definition) is 0. The maximum atomic E-state index is 11.6. The van der Waals surface area contributed by atoms with Crippen molar-refractivity contribution in [1.82, 2.24) is 4.90 Å². The molecule has 1 heterocycles. The van der Waals surface area contributed by atoms with Gasteiger partial charge in [0.15, 0.2) is 0 Å². The van der Waals surface area contributed by atoms with Crippen LogP contribution in [0.2, 0.25) is 0 Å². The van der Waals surface area contributed by atoms with E-state index in [9.17, 15) is 9.59 Å². The molecule has 0 fully saturated rings. The number of methoxy groups -OCH3 is 1. The van der Waals surface area contributed by atoms with Gasteiger partial charge in [0.1, 0.15) is 6.04 Å². The quantitative estimate of drug-likeness (QED) is 0.721. The molecule has 0 spiro atoms. The lowest BCUT2D eigenvalue weighted by molar-refractivity contribution is -0.116. The second-order valence-corrected chi connectivity index (χ2v) is 4.19. The van der Waals surface area contributed by atoms with Gasteiger partial charge in [-0.2, -0.15) is 0 Å². The van der Waals surface area contributed by atoms with E-state index in [1.54, 1.807) is 0 Å². The standard InChI is InChI=1S/C12H12ClNO3/c1-17-12(16)14-7-6-8-4-2-3-5-9(8)10(14)11(13)15/h2-5,10H,6-7H2,1H3/t10-/m0/s1. The van der Waals surface area contributed by atoms with Gasteiger partial charge in [0.25, 0.3) is 0 Å². The molecule has 4 nitrogen and oxygen atoms in total. The van der Waals surface area contributed by atoms with Crippen LogP contribution in [-0.2, 0) is 16.0 Å². The van der Waals surface area contributed by atoms with E-state index < -0.39 is 17.4 Å². The molecule has 90 valence electrons. The number of halogens is 1. The number of rotatable bonds is 1. The zero-order valence-electron chi connectivity index (χ0n) is 9.35. The van der Waals surface area contributed by atoms with Crippen molar-refractivity contribution >= 4 is 22.9 Å². The van der Waals surface area contributed by atoms with E-state index >= 15 is 0 Å². The van der Waals surface area contributed by atoms with Crippen LogP contribution in [0.25, 0.3) is 0 Å². The first-order chi connectivity index (χ1) is 8.15. The summed E-state index contributed by atoms with van der Waals surface area (Å²) in [5, 5.41) is -0.567. The van der Waals surface area contributed by atoms with Gasteiger partial charge < -0.3 is 4.74 Å². The summed E-state index contributed by atoms with van der Waals surface area (Å²) in [4.78, 5) is 24.5. The number of ether oxygens (including phenoxy) is 1. The van der Waals surface area contributed by atoms with Crippen LogP contribution in [0, 0.1) is 0 Å². The Labute approximate surface area is 104 Å². The molecule has 0 unspecified atom stereocenters. The summed E-state index contributed by atoms with van der Waals surface area (Å²) in [6.07, 6.45) is 0.171. The highest BCUT2D eigenvalue weighted by atomic mass is 35.5. The van der Waals surface area contributed by atoms with Crippen LogP contribution < -0.4 is 0 Å². The van der Waals surface area contributed by atoms with Crippen molar-refractivity contribution in [2.24, 2.45) is 0 Å². The van der Waals surface area contributed by atoms with Gasteiger partial charge in [0, 0.05) is 6.54 Å². The summed E-state index contributed by atoms with van der Waals surface area (Å²) in [6, 6.07) is 6.75. The summed E-state index contributed by atoms with van der Waals surface area (Å²) in [5.41, 5.74) is 1.83. The fraction of sp³-hybridized carbons (Fsp3) is 0.333. The highest BCUT2D eigenvalue weighted by Crippen LogP contribution is 2.31. The van der Waals surface area contributed by atoms with Crippen LogP contribution in [0.4, 0.5) is 4.79 Å². The van der Waals surface area contributed by atoms with E-state index in [-0.39, 0.29) is 0 Å². The molecule has 1 atom stereocenters. The van der Waals surface area contributed by atoms with Crippen molar-refractivity contribution in [3.05, 3.63) is 35.4 Å². The molecular weight excluding hydrogens is 242 g/mol. The minimum absolute atomic E-state index is 0.437. The monoisotopic (exact) mass is 253 g/mol. The van der Waals surface area contributed by atoms with Crippen LogP contribution in [0.5, 0.6) is 0 Å². The average Bonchev–Trinajstić information content (AvgIpc) is 2.36. The van der Waals surface area contributed by atoms with Crippen LogP contribution in [-0.4, -0.2) is 29.9 Å². The third-order valence-electron chi connectivity index (χ3n) is 2.91. The highest BCUT2D eigenvalue weighted by molar-refractivity contribution is 6.64. The second kappa shape index (κ2) is 4.75. The van der Waals surface area contributed by atoms with Gasteiger partial charge in [-0.3, -0.25) is 9.69 Å². The normalized spacial score (nSPS) is 18.5. The molecule has 1 aliphatic rings.